The molecule has 0 radical (unpaired) electrons. The highest BCUT2D eigenvalue weighted by Gasteiger charge is 2.01. The normalized spacial score (nSPS) is 10.5. The molecule has 2 rings (SSSR count). The van der Waals surface area contributed by atoms with Crippen LogP contribution in [0.25, 0.3) is 11.0 Å². The van der Waals surface area contributed by atoms with E-state index in [2.05, 4.69) is 0 Å². The van der Waals surface area contributed by atoms with E-state index in [0.29, 0.717) is 22.3 Å². The molecular weight excluding hydrogens is 168 g/mol. The summed E-state index contributed by atoms with van der Waals surface area (Å²) in [6.45, 7) is 0. The lowest BCUT2D eigenvalue weighted by Gasteiger charge is -2.01. The number of hydrogen-bond acceptors (Lipinski definition) is 4. The number of nitrogen functional groups attached to an aromatic ring is 2. The molecule has 4 N–H and O–H groups in total. The van der Waals surface area contributed by atoms with Crippen LogP contribution in [-0.2, 0) is 0 Å². The van der Waals surface area contributed by atoms with Crippen molar-refractivity contribution in [2.75, 3.05) is 11.5 Å². The van der Waals surface area contributed by atoms with E-state index in [1.807, 2.05) is 0 Å². The Bertz CT molecular complexity index is 516. The van der Waals surface area contributed by atoms with Crippen LogP contribution in [0.15, 0.2) is 33.5 Å². The van der Waals surface area contributed by atoms with Gasteiger partial charge in [0.1, 0.15) is 5.58 Å². The first-order chi connectivity index (χ1) is 6.16. The van der Waals surface area contributed by atoms with Crippen LogP contribution in [0.4, 0.5) is 11.4 Å². The van der Waals surface area contributed by atoms with Crippen LogP contribution < -0.4 is 17.1 Å². The van der Waals surface area contributed by atoms with E-state index in [1.54, 1.807) is 18.2 Å². The second kappa shape index (κ2) is 2.52. The van der Waals surface area contributed by atoms with Crippen LogP contribution in [0, 0.1) is 0 Å². The Kier molecular flexibility index (Phi) is 1.48. The number of benzene rings is 1. The van der Waals surface area contributed by atoms with Gasteiger partial charge in [0, 0.05) is 28.9 Å². The molecule has 4 nitrogen and oxygen atoms in total. The van der Waals surface area contributed by atoms with Crippen molar-refractivity contribution in [3.8, 4) is 0 Å². The molecule has 1 aromatic carbocycles. The van der Waals surface area contributed by atoms with E-state index in [4.69, 9.17) is 15.9 Å². The second-order valence-corrected chi connectivity index (χ2v) is 2.78. The largest absolute Gasteiger partial charge is 0.423 e. The van der Waals surface area contributed by atoms with E-state index in [9.17, 15) is 4.79 Å². The van der Waals surface area contributed by atoms with Gasteiger partial charge in [-0.3, -0.25) is 0 Å². The van der Waals surface area contributed by atoms with Crippen molar-refractivity contribution >= 4 is 22.3 Å². The van der Waals surface area contributed by atoms with Gasteiger partial charge < -0.3 is 15.9 Å². The van der Waals surface area contributed by atoms with Gasteiger partial charge in [0.25, 0.3) is 0 Å². The molecule has 2 aromatic rings. The first-order valence-electron chi connectivity index (χ1n) is 3.76. The predicted octanol–water partition coefficient (Wildman–Crippen LogP) is 0.957. The first kappa shape index (κ1) is 7.67. The molecule has 0 amide bonds. The average Bonchev–Trinajstić information content (AvgIpc) is 2.02. The fraction of sp³-hybridized carbons (Fsp3) is 0. The molecule has 0 saturated carbocycles. The molecule has 0 aliphatic rings. The van der Waals surface area contributed by atoms with Crippen LogP contribution in [0.1, 0.15) is 0 Å². The number of nitrogens with two attached hydrogens (primary N) is 2. The molecule has 0 saturated heterocycles. The minimum atomic E-state index is -0.405. The lowest BCUT2D eigenvalue weighted by molar-refractivity contribution is 0.561. The predicted molar refractivity (Wildman–Crippen MR) is 51.3 cm³/mol. The highest BCUT2D eigenvalue weighted by Crippen LogP contribution is 2.22. The number of hydrogen-bond donors (Lipinski definition) is 2. The molecular formula is C9H8N2O2. The summed E-state index contributed by atoms with van der Waals surface area (Å²) in [7, 11) is 0. The van der Waals surface area contributed by atoms with E-state index in [1.165, 1.54) is 6.07 Å². The third-order valence-electron chi connectivity index (χ3n) is 1.79. The molecule has 0 spiro atoms. The average molecular weight is 176 g/mol. The van der Waals surface area contributed by atoms with Crippen molar-refractivity contribution in [2.24, 2.45) is 0 Å². The first-order valence-corrected chi connectivity index (χ1v) is 3.76. The van der Waals surface area contributed by atoms with Crippen molar-refractivity contribution in [1.82, 2.24) is 0 Å². The summed E-state index contributed by atoms with van der Waals surface area (Å²) in [4.78, 5) is 10.9. The van der Waals surface area contributed by atoms with E-state index in [0.717, 1.165) is 0 Å². The number of anilines is 2. The van der Waals surface area contributed by atoms with Gasteiger partial charge in [0.15, 0.2) is 0 Å². The summed E-state index contributed by atoms with van der Waals surface area (Å²) in [6.07, 6.45) is 0. The zero-order valence-corrected chi connectivity index (χ0v) is 6.78. The molecule has 0 atom stereocenters. The fourth-order valence-electron chi connectivity index (χ4n) is 1.23. The molecule has 0 aliphatic heterocycles. The molecule has 1 aromatic heterocycles. The van der Waals surface area contributed by atoms with E-state index < -0.39 is 5.63 Å². The van der Waals surface area contributed by atoms with Gasteiger partial charge >= 0.3 is 5.63 Å². The lowest BCUT2D eigenvalue weighted by atomic mass is 10.2. The van der Waals surface area contributed by atoms with Gasteiger partial charge in [-0.05, 0) is 12.1 Å². The third kappa shape index (κ3) is 1.22. The van der Waals surface area contributed by atoms with Crippen LogP contribution in [0.3, 0.4) is 0 Å². The van der Waals surface area contributed by atoms with Gasteiger partial charge in [-0.2, -0.15) is 0 Å². The van der Waals surface area contributed by atoms with Crippen LogP contribution in [0.5, 0.6) is 0 Å². The van der Waals surface area contributed by atoms with Gasteiger partial charge in [-0.1, -0.05) is 0 Å². The second-order valence-electron chi connectivity index (χ2n) is 2.78. The van der Waals surface area contributed by atoms with Gasteiger partial charge in [-0.25, -0.2) is 4.79 Å². The molecule has 0 aliphatic carbocycles. The third-order valence-corrected chi connectivity index (χ3v) is 1.79. The Morgan fingerprint density at radius 2 is 1.92 bits per heavy atom. The highest BCUT2D eigenvalue weighted by atomic mass is 16.4. The minimum Gasteiger partial charge on any atom is -0.423 e. The van der Waals surface area contributed by atoms with Gasteiger partial charge in [0.05, 0.1) is 0 Å². The monoisotopic (exact) mass is 176 g/mol. The fourth-order valence-corrected chi connectivity index (χ4v) is 1.23. The molecule has 0 bridgehead atoms. The summed E-state index contributed by atoms with van der Waals surface area (Å²) in [6, 6.07) is 6.15. The summed E-state index contributed by atoms with van der Waals surface area (Å²) >= 11 is 0. The highest BCUT2D eigenvalue weighted by molar-refractivity contribution is 5.91. The number of rotatable bonds is 0. The summed E-state index contributed by atoms with van der Waals surface area (Å²) in [5.41, 5.74) is 12.2. The number of fused-ring (bicyclic) bond motifs is 1. The van der Waals surface area contributed by atoms with E-state index in [-0.39, 0.29) is 0 Å². The Labute approximate surface area is 73.8 Å². The molecule has 0 unspecified atom stereocenters. The Balaban J connectivity index is 2.94. The maximum atomic E-state index is 10.9. The molecule has 0 fully saturated rings. The zero-order chi connectivity index (χ0) is 9.42. The Morgan fingerprint density at radius 1 is 1.15 bits per heavy atom. The van der Waals surface area contributed by atoms with Crippen LogP contribution >= 0.6 is 0 Å². The van der Waals surface area contributed by atoms with Crippen molar-refractivity contribution < 1.29 is 4.42 Å². The molecule has 13 heavy (non-hydrogen) atoms. The Morgan fingerprint density at radius 3 is 2.69 bits per heavy atom. The lowest BCUT2D eigenvalue weighted by Crippen LogP contribution is -1.97. The van der Waals surface area contributed by atoms with Crippen molar-refractivity contribution in [2.45, 2.75) is 0 Å². The van der Waals surface area contributed by atoms with Gasteiger partial charge in [0.2, 0.25) is 0 Å². The zero-order valence-electron chi connectivity index (χ0n) is 6.78. The smallest absolute Gasteiger partial charge is 0.336 e. The van der Waals surface area contributed by atoms with Crippen molar-refractivity contribution in [3.63, 3.8) is 0 Å². The standard InChI is InChI=1S/C9H8N2O2/c10-5-3-7(11)6-1-2-9(12)13-8(6)4-5/h1-4H,10-11H2. The van der Waals surface area contributed by atoms with E-state index >= 15 is 0 Å². The van der Waals surface area contributed by atoms with Gasteiger partial charge in [-0.15, -0.1) is 0 Å². The summed E-state index contributed by atoms with van der Waals surface area (Å²) in [5, 5.41) is 0.703. The van der Waals surface area contributed by atoms with Crippen molar-refractivity contribution in [1.29, 1.82) is 0 Å². The minimum absolute atomic E-state index is 0.405. The summed E-state index contributed by atoms with van der Waals surface area (Å²) < 4.78 is 4.91. The SMILES string of the molecule is Nc1cc(N)c2ccc(=O)oc2c1. The van der Waals surface area contributed by atoms with Crippen molar-refractivity contribution in [3.05, 3.63) is 34.7 Å². The topological polar surface area (TPSA) is 82.2 Å². The maximum Gasteiger partial charge on any atom is 0.336 e. The quantitative estimate of drug-likeness (QED) is 0.462. The van der Waals surface area contributed by atoms with Crippen LogP contribution in [-0.4, -0.2) is 0 Å². The molecule has 66 valence electrons. The Hall–Kier alpha value is -1.97. The molecule has 1 heterocycles. The van der Waals surface area contributed by atoms with Crippen LogP contribution in [0.2, 0.25) is 0 Å². The maximum absolute atomic E-state index is 10.9. The summed E-state index contributed by atoms with van der Waals surface area (Å²) in [5.74, 6) is 0. The molecule has 4 heteroatoms.